The van der Waals surface area contributed by atoms with Crippen molar-refractivity contribution in [3.05, 3.63) is 84.3 Å². The molecule has 0 bridgehead atoms. The monoisotopic (exact) mass is 426 g/mol. The van der Waals surface area contributed by atoms with Crippen LogP contribution in [0.15, 0.2) is 77.3 Å². The molecule has 0 spiro atoms. The lowest BCUT2D eigenvalue weighted by molar-refractivity contribution is -0.133. The van der Waals surface area contributed by atoms with Crippen molar-refractivity contribution in [1.29, 1.82) is 0 Å². The average Bonchev–Trinajstić information content (AvgIpc) is 3.33. The molecule has 3 aromatic carbocycles. The van der Waals surface area contributed by atoms with E-state index in [4.69, 9.17) is 4.52 Å². The molecule has 0 aliphatic carbocycles. The molecule has 1 amide bonds. The van der Waals surface area contributed by atoms with Crippen molar-refractivity contribution in [2.24, 2.45) is 0 Å². The Hall–Kier alpha value is -3.51. The van der Waals surface area contributed by atoms with E-state index in [9.17, 15) is 4.79 Å². The minimum atomic E-state index is 0.147. The number of amides is 1. The van der Waals surface area contributed by atoms with Crippen molar-refractivity contribution < 1.29 is 9.32 Å². The van der Waals surface area contributed by atoms with E-state index in [1.807, 2.05) is 35.2 Å². The maximum atomic E-state index is 12.7. The first-order valence-corrected chi connectivity index (χ1v) is 11.1. The van der Waals surface area contributed by atoms with Gasteiger partial charge in [0.2, 0.25) is 17.6 Å². The molecule has 1 aromatic heterocycles. The van der Waals surface area contributed by atoms with E-state index in [0.29, 0.717) is 24.6 Å². The molecule has 6 nitrogen and oxygen atoms in total. The second-order valence-electron chi connectivity index (χ2n) is 8.17. The molecule has 0 saturated carbocycles. The first-order valence-electron chi connectivity index (χ1n) is 11.1. The summed E-state index contributed by atoms with van der Waals surface area (Å²) < 4.78 is 5.34. The van der Waals surface area contributed by atoms with E-state index in [-0.39, 0.29) is 5.91 Å². The van der Waals surface area contributed by atoms with Crippen LogP contribution < -0.4 is 0 Å². The molecule has 4 aromatic rings. The molecule has 1 aliphatic rings. The predicted octanol–water partition coefficient (Wildman–Crippen LogP) is 4.17. The van der Waals surface area contributed by atoms with Crippen molar-refractivity contribution in [2.45, 2.75) is 19.4 Å². The number of carbonyl (C=O) groups is 1. The van der Waals surface area contributed by atoms with Gasteiger partial charge in [-0.3, -0.25) is 9.69 Å². The summed E-state index contributed by atoms with van der Waals surface area (Å²) in [7, 11) is 0. The van der Waals surface area contributed by atoms with Crippen molar-refractivity contribution in [3.63, 3.8) is 0 Å². The molecule has 0 unspecified atom stereocenters. The van der Waals surface area contributed by atoms with Crippen molar-refractivity contribution >= 4 is 16.7 Å². The summed E-state index contributed by atoms with van der Waals surface area (Å²) in [5.74, 6) is 1.22. The third-order valence-corrected chi connectivity index (χ3v) is 6.05. The number of hydrogen-bond donors (Lipinski definition) is 0. The Balaban J connectivity index is 1.12. The van der Waals surface area contributed by atoms with Crippen LogP contribution in [0, 0.1) is 0 Å². The van der Waals surface area contributed by atoms with Gasteiger partial charge in [-0.2, -0.15) is 4.98 Å². The maximum absolute atomic E-state index is 12.7. The Morgan fingerprint density at radius 2 is 1.62 bits per heavy atom. The third-order valence-electron chi connectivity index (χ3n) is 6.05. The van der Waals surface area contributed by atoms with Gasteiger partial charge in [0.15, 0.2) is 0 Å². The lowest BCUT2D eigenvalue weighted by atomic mass is 10.0. The highest BCUT2D eigenvalue weighted by Crippen LogP contribution is 2.21. The van der Waals surface area contributed by atoms with E-state index in [2.05, 4.69) is 57.5 Å². The van der Waals surface area contributed by atoms with Crippen LogP contribution in [0.3, 0.4) is 0 Å². The summed E-state index contributed by atoms with van der Waals surface area (Å²) in [6, 6.07) is 24.7. The van der Waals surface area contributed by atoms with E-state index in [0.717, 1.165) is 38.3 Å². The number of hydrogen-bond acceptors (Lipinski definition) is 5. The molecule has 0 N–H and O–H groups in total. The summed E-state index contributed by atoms with van der Waals surface area (Å²) in [6.07, 6.45) is 0.856. The lowest BCUT2D eigenvalue weighted by Gasteiger charge is -2.35. The van der Waals surface area contributed by atoms with Crippen molar-refractivity contribution in [2.75, 3.05) is 26.2 Å². The first kappa shape index (κ1) is 20.4. The smallest absolute Gasteiger partial charge is 0.227 e. The van der Waals surface area contributed by atoms with Gasteiger partial charge >= 0.3 is 0 Å². The van der Waals surface area contributed by atoms with Crippen LogP contribution in [0.1, 0.15) is 17.9 Å². The molecule has 32 heavy (non-hydrogen) atoms. The molecule has 162 valence electrons. The molecule has 1 saturated heterocycles. The van der Waals surface area contributed by atoms with Gasteiger partial charge in [0, 0.05) is 51.1 Å². The van der Waals surface area contributed by atoms with Crippen LogP contribution in [0.2, 0.25) is 0 Å². The SMILES string of the molecule is O=C(CCc1nc(-c2ccccc2)no1)N1CCN(Cc2cccc3ccccc23)CC1. The third kappa shape index (κ3) is 4.55. The summed E-state index contributed by atoms with van der Waals surface area (Å²) in [4.78, 5) is 21.5. The van der Waals surface area contributed by atoms with Gasteiger partial charge in [-0.1, -0.05) is 78.0 Å². The second kappa shape index (κ2) is 9.32. The molecule has 0 atom stereocenters. The molecular formula is C26H26N4O2. The van der Waals surface area contributed by atoms with E-state index in [1.165, 1.54) is 16.3 Å². The highest BCUT2D eigenvalue weighted by Gasteiger charge is 2.22. The standard InChI is InChI=1S/C26H26N4O2/c31-25(14-13-24-27-26(28-32-24)21-8-2-1-3-9-21)30-17-15-29(16-18-30)19-22-11-6-10-20-7-4-5-12-23(20)22/h1-12H,13-19H2. The molecule has 1 aliphatic heterocycles. The minimum absolute atomic E-state index is 0.147. The highest BCUT2D eigenvalue weighted by atomic mass is 16.5. The predicted molar refractivity (Wildman–Crippen MR) is 124 cm³/mol. The quantitative estimate of drug-likeness (QED) is 0.463. The van der Waals surface area contributed by atoms with E-state index in [1.54, 1.807) is 0 Å². The van der Waals surface area contributed by atoms with Gasteiger partial charge < -0.3 is 9.42 Å². The zero-order valence-corrected chi connectivity index (χ0v) is 18.0. The van der Waals surface area contributed by atoms with Crippen LogP contribution in [-0.2, 0) is 17.8 Å². The highest BCUT2D eigenvalue weighted by molar-refractivity contribution is 5.85. The molecule has 2 heterocycles. The summed E-state index contributed by atoms with van der Waals surface area (Å²) in [5, 5.41) is 6.61. The summed E-state index contributed by atoms with van der Waals surface area (Å²) in [5.41, 5.74) is 2.25. The Morgan fingerprint density at radius 1 is 0.875 bits per heavy atom. The topological polar surface area (TPSA) is 62.5 Å². The number of rotatable bonds is 6. The molecule has 5 rings (SSSR count). The van der Waals surface area contributed by atoms with Crippen LogP contribution in [-0.4, -0.2) is 52.0 Å². The van der Waals surface area contributed by atoms with Crippen LogP contribution in [0.4, 0.5) is 0 Å². The average molecular weight is 427 g/mol. The minimum Gasteiger partial charge on any atom is -0.340 e. The van der Waals surface area contributed by atoms with Crippen LogP contribution >= 0.6 is 0 Å². The molecule has 0 radical (unpaired) electrons. The van der Waals surface area contributed by atoms with Gasteiger partial charge in [0.05, 0.1) is 0 Å². The van der Waals surface area contributed by atoms with Gasteiger partial charge in [0.1, 0.15) is 0 Å². The molecular weight excluding hydrogens is 400 g/mol. The zero-order chi connectivity index (χ0) is 21.8. The van der Waals surface area contributed by atoms with Crippen LogP contribution in [0.5, 0.6) is 0 Å². The van der Waals surface area contributed by atoms with Gasteiger partial charge in [0.25, 0.3) is 0 Å². The van der Waals surface area contributed by atoms with Crippen molar-refractivity contribution in [1.82, 2.24) is 19.9 Å². The lowest BCUT2D eigenvalue weighted by Crippen LogP contribution is -2.48. The van der Waals surface area contributed by atoms with Crippen molar-refractivity contribution in [3.8, 4) is 11.4 Å². The number of benzene rings is 3. The number of carbonyl (C=O) groups excluding carboxylic acids is 1. The Labute approximate surface area is 187 Å². The Bertz CT molecular complexity index is 1190. The molecule has 1 fully saturated rings. The summed E-state index contributed by atoms with van der Waals surface area (Å²) >= 11 is 0. The second-order valence-corrected chi connectivity index (χ2v) is 8.17. The number of fused-ring (bicyclic) bond motifs is 1. The largest absolute Gasteiger partial charge is 0.340 e. The number of piperazine rings is 1. The summed E-state index contributed by atoms with van der Waals surface area (Å²) in [6.45, 7) is 4.18. The molecule has 6 heteroatoms. The van der Waals surface area contributed by atoms with Crippen LogP contribution in [0.25, 0.3) is 22.2 Å². The van der Waals surface area contributed by atoms with E-state index < -0.39 is 0 Å². The van der Waals surface area contributed by atoms with Gasteiger partial charge in [-0.15, -0.1) is 0 Å². The van der Waals surface area contributed by atoms with E-state index >= 15 is 0 Å². The van der Waals surface area contributed by atoms with Gasteiger partial charge in [-0.05, 0) is 16.3 Å². The first-order chi connectivity index (χ1) is 15.8. The fourth-order valence-corrected chi connectivity index (χ4v) is 4.26. The Kier molecular flexibility index (Phi) is 5.94. The fraction of sp³-hybridized carbons (Fsp3) is 0.269. The zero-order valence-electron chi connectivity index (χ0n) is 18.0. The maximum Gasteiger partial charge on any atom is 0.227 e. The van der Waals surface area contributed by atoms with Gasteiger partial charge in [-0.25, -0.2) is 0 Å². The number of aromatic nitrogens is 2. The normalized spacial score (nSPS) is 14.7. The number of aryl methyl sites for hydroxylation is 1. The fourth-order valence-electron chi connectivity index (χ4n) is 4.26. The number of nitrogens with zero attached hydrogens (tertiary/aromatic N) is 4. The Morgan fingerprint density at radius 3 is 2.47 bits per heavy atom.